The highest BCUT2D eigenvalue weighted by molar-refractivity contribution is 5.70. The van der Waals surface area contributed by atoms with Crippen LogP contribution in [0.25, 0.3) is 0 Å². The van der Waals surface area contributed by atoms with E-state index in [2.05, 4.69) is 9.88 Å². The van der Waals surface area contributed by atoms with Crippen LogP contribution in [0.15, 0.2) is 42.6 Å². The number of likely N-dealkylation sites (tertiary alicyclic amines) is 2. The zero-order valence-corrected chi connectivity index (χ0v) is 17.7. The van der Waals surface area contributed by atoms with Crippen molar-refractivity contribution in [3.63, 3.8) is 0 Å². The van der Waals surface area contributed by atoms with Crippen molar-refractivity contribution in [2.45, 2.75) is 44.3 Å². The Morgan fingerprint density at radius 3 is 2.16 bits per heavy atom. The van der Waals surface area contributed by atoms with Gasteiger partial charge in [-0.2, -0.15) is 13.2 Å². The Hall–Kier alpha value is -2.81. The number of ether oxygens (including phenoxy) is 2. The number of halogens is 3. The van der Waals surface area contributed by atoms with Gasteiger partial charge in [0.1, 0.15) is 11.5 Å². The van der Waals surface area contributed by atoms with Gasteiger partial charge in [-0.3, -0.25) is 0 Å². The Balaban J connectivity index is 1.26. The van der Waals surface area contributed by atoms with Gasteiger partial charge in [-0.15, -0.1) is 0 Å². The molecule has 1 amide bonds. The van der Waals surface area contributed by atoms with E-state index >= 15 is 0 Å². The van der Waals surface area contributed by atoms with E-state index in [1.165, 1.54) is 19.3 Å². The zero-order valence-electron chi connectivity index (χ0n) is 17.7. The molecular formula is C23H26F3N3O3. The lowest BCUT2D eigenvalue weighted by molar-refractivity contribution is -0.137. The summed E-state index contributed by atoms with van der Waals surface area (Å²) < 4.78 is 48.7. The number of nitrogens with zero attached hydrogens (tertiary/aromatic N) is 3. The fraction of sp³-hybridized carbons (Fsp3) is 0.478. The first-order valence-corrected chi connectivity index (χ1v) is 10.9. The van der Waals surface area contributed by atoms with Gasteiger partial charge in [0.2, 0.25) is 5.88 Å². The number of hydrogen-bond acceptors (Lipinski definition) is 5. The fourth-order valence-electron chi connectivity index (χ4n) is 4.17. The molecule has 0 N–H and O–H groups in total. The normalized spacial score (nSPS) is 18.4. The van der Waals surface area contributed by atoms with Crippen molar-refractivity contribution in [1.82, 2.24) is 14.8 Å². The summed E-state index contributed by atoms with van der Waals surface area (Å²) >= 11 is 0. The SMILES string of the molecule is O=C(Oc1ccc(Oc2ccc(C(F)(F)F)cn2)cc1)N1CCC(N2CCCCC2)CC1. The van der Waals surface area contributed by atoms with Crippen LogP contribution in [0, 0.1) is 0 Å². The minimum absolute atomic E-state index is 0.0410. The van der Waals surface area contributed by atoms with Gasteiger partial charge in [0.25, 0.3) is 0 Å². The van der Waals surface area contributed by atoms with Crippen LogP contribution in [-0.2, 0) is 6.18 Å². The van der Waals surface area contributed by atoms with Crippen LogP contribution in [0.5, 0.6) is 17.4 Å². The molecule has 1 aromatic carbocycles. The lowest BCUT2D eigenvalue weighted by atomic mass is 10.0. The van der Waals surface area contributed by atoms with Crippen molar-refractivity contribution in [2.24, 2.45) is 0 Å². The first-order chi connectivity index (χ1) is 15.4. The second-order valence-corrected chi connectivity index (χ2v) is 8.14. The van der Waals surface area contributed by atoms with E-state index in [1.54, 1.807) is 29.2 Å². The van der Waals surface area contributed by atoms with Crippen LogP contribution < -0.4 is 9.47 Å². The predicted octanol–water partition coefficient (Wildman–Crippen LogP) is 5.34. The lowest BCUT2D eigenvalue weighted by Gasteiger charge is -2.39. The number of rotatable bonds is 4. The average Bonchev–Trinajstić information content (AvgIpc) is 2.81. The van der Waals surface area contributed by atoms with Gasteiger partial charge in [-0.25, -0.2) is 9.78 Å². The number of carbonyl (C=O) groups excluding carboxylic acids is 1. The first-order valence-electron chi connectivity index (χ1n) is 10.9. The molecule has 4 rings (SSSR count). The lowest BCUT2D eigenvalue weighted by Crippen LogP contribution is -2.48. The molecule has 0 aliphatic carbocycles. The number of hydrogen-bond donors (Lipinski definition) is 0. The summed E-state index contributed by atoms with van der Waals surface area (Å²) in [5.74, 6) is 0.791. The zero-order chi connectivity index (χ0) is 22.6. The maximum atomic E-state index is 12.6. The molecule has 0 saturated carbocycles. The second-order valence-electron chi connectivity index (χ2n) is 8.14. The summed E-state index contributed by atoms with van der Waals surface area (Å²) in [7, 11) is 0. The molecule has 3 heterocycles. The Bertz CT molecular complexity index is 889. The van der Waals surface area contributed by atoms with Gasteiger partial charge in [-0.1, -0.05) is 6.42 Å². The van der Waals surface area contributed by atoms with Gasteiger partial charge < -0.3 is 19.3 Å². The highest BCUT2D eigenvalue weighted by atomic mass is 19.4. The standard InChI is InChI=1S/C23H26F3N3O3/c24-23(25,26)17-4-9-21(27-16-17)31-19-5-7-20(8-6-19)32-22(30)29-14-10-18(11-15-29)28-12-2-1-3-13-28/h4-9,16,18H,1-3,10-15H2. The van der Waals surface area contributed by atoms with E-state index < -0.39 is 11.7 Å². The smallest absolute Gasteiger partial charge is 0.417 e. The minimum atomic E-state index is -4.44. The third-order valence-corrected chi connectivity index (χ3v) is 5.94. The predicted molar refractivity (Wildman–Crippen MR) is 112 cm³/mol. The third-order valence-electron chi connectivity index (χ3n) is 5.94. The molecule has 0 radical (unpaired) electrons. The first kappa shape index (κ1) is 22.4. The molecule has 1 aromatic heterocycles. The highest BCUT2D eigenvalue weighted by Gasteiger charge is 2.31. The summed E-state index contributed by atoms with van der Waals surface area (Å²) in [4.78, 5) is 20.5. The molecule has 172 valence electrons. The van der Waals surface area contributed by atoms with Crippen LogP contribution in [0.2, 0.25) is 0 Å². The molecule has 0 unspecified atom stereocenters. The van der Waals surface area contributed by atoms with E-state index in [1.807, 2.05) is 0 Å². The Kier molecular flexibility index (Phi) is 6.83. The van der Waals surface area contributed by atoms with Gasteiger partial charge in [-0.05, 0) is 69.1 Å². The summed E-state index contributed by atoms with van der Waals surface area (Å²) in [6.07, 6.45) is 1.66. The highest BCUT2D eigenvalue weighted by Crippen LogP contribution is 2.30. The molecule has 32 heavy (non-hydrogen) atoms. The van der Waals surface area contributed by atoms with E-state index in [9.17, 15) is 18.0 Å². The number of pyridine rings is 1. The second kappa shape index (κ2) is 9.77. The van der Waals surface area contributed by atoms with Crippen LogP contribution in [0.1, 0.15) is 37.7 Å². The van der Waals surface area contributed by atoms with Crippen LogP contribution in [0.4, 0.5) is 18.0 Å². The number of amides is 1. The number of alkyl halides is 3. The largest absolute Gasteiger partial charge is 0.439 e. The summed E-state index contributed by atoms with van der Waals surface area (Å²) in [5.41, 5.74) is -0.841. The van der Waals surface area contributed by atoms with E-state index in [-0.39, 0.29) is 12.0 Å². The summed E-state index contributed by atoms with van der Waals surface area (Å²) in [5, 5.41) is 0. The molecular weight excluding hydrogens is 423 g/mol. The maximum Gasteiger partial charge on any atom is 0.417 e. The molecule has 2 aromatic rings. The molecule has 9 heteroatoms. The molecule has 0 atom stereocenters. The minimum Gasteiger partial charge on any atom is -0.439 e. The van der Waals surface area contributed by atoms with Crippen molar-refractivity contribution < 1.29 is 27.4 Å². The van der Waals surface area contributed by atoms with Crippen molar-refractivity contribution in [1.29, 1.82) is 0 Å². The van der Waals surface area contributed by atoms with Gasteiger partial charge in [0.05, 0.1) is 5.56 Å². The number of aromatic nitrogens is 1. The molecule has 0 bridgehead atoms. The van der Waals surface area contributed by atoms with E-state index in [0.29, 0.717) is 30.6 Å². The topological polar surface area (TPSA) is 54.9 Å². The van der Waals surface area contributed by atoms with Gasteiger partial charge >= 0.3 is 12.3 Å². The van der Waals surface area contributed by atoms with Crippen LogP contribution in [-0.4, -0.2) is 53.1 Å². The van der Waals surface area contributed by atoms with E-state index in [0.717, 1.165) is 44.3 Å². The summed E-state index contributed by atoms with van der Waals surface area (Å²) in [6.45, 7) is 3.68. The molecule has 6 nitrogen and oxygen atoms in total. The van der Waals surface area contributed by atoms with E-state index in [4.69, 9.17) is 9.47 Å². The van der Waals surface area contributed by atoms with Gasteiger partial charge in [0.15, 0.2) is 0 Å². The number of carbonyl (C=O) groups is 1. The third kappa shape index (κ3) is 5.70. The van der Waals surface area contributed by atoms with Crippen molar-refractivity contribution in [2.75, 3.05) is 26.2 Å². The number of benzene rings is 1. The Morgan fingerprint density at radius 2 is 1.56 bits per heavy atom. The fourth-order valence-corrected chi connectivity index (χ4v) is 4.17. The Labute approximate surface area is 184 Å². The van der Waals surface area contributed by atoms with Crippen LogP contribution in [0.3, 0.4) is 0 Å². The summed E-state index contributed by atoms with van der Waals surface area (Å²) in [6, 6.07) is 8.93. The Morgan fingerprint density at radius 1 is 0.906 bits per heavy atom. The maximum absolute atomic E-state index is 12.6. The van der Waals surface area contributed by atoms with Gasteiger partial charge in [0, 0.05) is 31.4 Å². The quantitative estimate of drug-likeness (QED) is 0.631. The molecule has 2 saturated heterocycles. The molecule has 2 aliphatic heterocycles. The monoisotopic (exact) mass is 449 g/mol. The average molecular weight is 449 g/mol. The molecule has 0 spiro atoms. The molecule has 2 aliphatic rings. The van der Waals surface area contributed by atoms with Crippen molar-refractivity contribution in [3.8, 4) is 17.4 Å². The van der Waals surface area contributed by atoms with Crippen molar-refractivity contribution >= 4 is 6.09 Å². The van der Waals surface area contributed by atoms with Crippen molar-refractivity contribution in [3.05, 3.63) is 48.2 Å². The molecule has 2 fully saturated rings. The number of piperidine rings is 2. The van der Waals surface area contributed by atoms with Crippen LogP contribution >= 0.6 is 0 Å².